The molecule has 0 aliphatic heterocycles. The van der Waals surface area contributed by atoms with E-state index < -0.39 is 10.4 Å². The Kier molecular flexibility index (Phi) is 22.8. The van der Waals surface area contributed by atoms with E-state index in [9.17, 15) is 0 Å². The summed E-state index contributed by atoms with van der Waals surface area (Å²) in [7, 11) is -5.17. The van der Waals surface area contributed by atoms with Crippen molar-refractivity contribution in [1.29, 1.82) is 0 Å². The van der Waals surface area contributed by atoms with Crippen LogP contribution in [0.15, 0.2) is 0 Å². The molecular weight excluding hydrogens is 195 g/mol. The van der Waals surface area contributed by atoms with Crippen molar-refractivity contribution in [3.8, 4) is 0 Å². The Morgan fingerprint density at radius 1 is 1.12 bits per heavy atom. The van der Waals surface area contributed by atoms with Crippen molar-refractivity contribution in [2.75, 3.05) is 0 Å². The Balaban J connectivity index is -0.0000000267. The van der Waals surface area contributed by atoms with Gasteiger partial charge in [-0.3, -0.25) is 8.42 Å². The number of hydrogen-bond acceptors (Lipinski definition) is 5. The molecule has 0 rings (SSSR count). The summed E-state index contributed by atoms with van der Waals surface area (Å²) in [6.45, 7) is 0. The Bertz CT molecular complexity index is 95.6. The van der Waals surface area contributed by atoms with Gasteiger partial charge in [-0.1, -0.05) is 0 Å². The first-order valence-electron chi connectivity index (χ1n) is 0.667. The topological polar surface area (TPSA) is 110 Å². The van der Waals surface area contributed by atoms with Gasteiger partial charge in [-0.2, -0.15) is 0 Å². The first-order chi connectivity index (χ1) is 2.00. The fourth-order valence-corrected chi connectivity index (χ4v) is 0. The largest absolute Gasteiger partial charge is 3.00 e. The third-order valence-corrected chi connectivity index (χ3v) is 0. The van der Waals surface area contributed by atoms with E-state index in [2.05, 4.69) is 0 Å². The van der Waals surface area contributed by atoms with Crippen LogP contribution in [0, 0.1) is 0 Å². The van der Waals surface area contributed by atoms with Crippen LogP contribution < -0.4 is 0 Å². The maximum absolute atomic E-state index is 8.52. The number of rotatable bonds is 0. The van der Waals surface area contributed by atoms with Crippen molar-refractivity contribution in [2.45, 2.75) is 0 Å². The molecule has 0 aromatic rings. The van der Waals surface area contributed by atoms with Crippen molar-refractivity contribution in [3.63, 3.8) is 0 Å². The van der Waals surface area contributed by atoms with Crippen LogP contribution in [0.2, 0.25) is 0 Å². The molecule has 0 atom stereocenters. The first-order valence-corrected chi connectivity index (χ1v) is 2.00. The molecular formula is H4AlFeO5S. The van der Waals surface area contributed by atoms with E-state index in [4.69, 9.17) is 17.5 Å². The minimum absolute atomic E-state index is 0. The number of hydrogen-bond donors (Lipinski definition) is 0. The predicted octanol–water partition coefficient (Wildman–Crippen LogP) is -2.70. The third-order valence-electron chi connectivity index (χ3n) is 0. The summed E-state index contributed by atoms with van der Waals surface area (Å²) in [5, 5.41) is 0. The van der Waals surface area contributed by atoms with Crippen LogP contribution in [0.25, 0.3) is 0 Å². The van der Waals surface area contributed by atoms with Gasteiger partial charge in [0, 0.05) is 10.4 Å². The molecule has 0 unspecified atom stereocenters. The molecule has 0 saturated heterocycles. The minimum Gasteiger partial charge on any atom is -0.870 e. The van der Waals surface area contributed by atoms with Crippen LogP contribution in [0.5, 0.6) is 0 Å². The van der Waals surface area contributed by atoms with E-state index in [0.717, 1.165) is 0 Å². The molecule has 0 spiro atoms. The summed E-state index contributed by atoms with van der Waals surface area (Å²) in [5.41, 5.74) is 0. The molecule has 0 fully saturated rings. The molecule has 51 valence electrons. The molecule has 0 heterocycles. The van der Waals surface area contributed by atoms with Crippen molar-refractivity contribution in [2.24, 2.45) is 0 Å². The van der Waals surface area contributed by atoms with Gasteiger partial charge in [0.2, 0.25) is 0 Å². The molecule has 0 aromatic carbocycles. The van der Waals surface area contributed by atoms with Gasteiger partial charge in [-0.15, -0.1) is 0 Å². The van der Waals surface area contributed by atoms with Crippen molar-refractivity contribution in [1.82, 2.24) is 0 Å². The molecule has 1 radical (unpaired) electrons. The van der Waals surface area contributed by atoms with Crippen molar-refractivity contribution < 1.29 is 40.1 Å². The molecule has 1 N–H and O–H groups in total. The third kappa shape index (κ3) is 306. The van der Waals surface area contributed by atoms with Gasteiger partial charge < -0.3 is 14.6 Å². The standard InChI is InChI=1S/Al.Fe.H2O4S.H2O.3H/c;;1-5(2,3)4;;;;/h;;(H2,1,2,3,4);1H2;;;/q;+3;;;;;/p-3. The summed E-state index contributed by atoms with van der Waals surface area (Å²) in [6, 6.07) is 0. The average molecular weight is 199 g/mol. The zero-order chi connectivity index (χ0) is 4.50. The second-order valence-electron chi connectivity index (χ2n) is 0.408. The van der Waals surface area contributed by atoms with Gasteiger partial charge >= 0.3 is 17.1 Å². The Labute approximate surface area is 68.0 Å². The van der Waals surface area contributed by atoms with Gasteiger partial charge in [0.05, 0.1) is 0 Å². The summed E-state index contributed by atoms with van der Waals surface area (Å²) < 4.78 is 34.1. The van der Waals surface area contributed by atoms with Gasteiger partial charge in [0.15, 0.2) is 17.4 Å². The monoisotopic (exact) mass is 199 g/mol. The normalized spacial score (nSPS) is 7.25. The van der Waals surface area contributed by atoms with E-state index >= 15 is 0 Å². The van der Waals surface area contributed by atoms with E-state index in [1.807, 2.05) is 0 Å². The molecule has 0 aromatic heterocycles. The fourth-order valence-electron chi connectivity index (χ4n) is 0. The molecule has 0 aliphatic rings. The summed E-state index contributed by atoms with van der Waals surface area (Å²) in [6.07, 6.45) is 0. The van der Waals surface area contributed by atoms with Crippen LogP contribution >= 0.6 is 0 Å². The second-order valence-corrected chi connectivity index (χ2v) is 1.22. The second kappa shape index (κ2) is 7.88. The smallest absolute Gasteiger partial charge is 0.870 e. The van der Waals surface area contributed by atoms with Gasteiger partial charge in [0.1, 0.15) is 0 Å². The SMILES string of the molecule is O=S(=O)([O-])[O-].[AlH3].[Fe+3].[OH-]. The average Bonchev–Trinajstić information content (AvgIpc) is 0.722. The molecule has 0 bridgehead atoms. The van der Waals surface area contributed by atoms with E-state index in [0.29, 0.717) is 0 Å². The molecule has 8 heavy (non-hydrogen) atoms. The molecule has 0 saturated carbocycles. The summed E-state index contributed by atoms with van der Waals surface area (Å²) in [4.78, 5) is 0. The fraction of sp³-hybridized carbons (Fsp3) is 0. The van der Waals surface area contributed by atoms with Gasteiger partial charge in [-0.05, 0) is 0 Å². The van der Waals surface area contributed by atoms with Crippen LogP contribution in [-0.4, -0.2) is 40.4 Å². The molecule has 0 amide bonds. The van der Waals surface area contributed by atoms with Crippen LogP contribution in [-0.2, 0) is 27.5 Å². The predicted molar refractivity (Wildman–Crippen MR) is 22.3 cm³/mol. The quantitative estimate of drug-likeness (QED) is 0.239. The molecule has 0 aliphatic carbocycles. The van der Waals surface area contributed by atoms with E-state index in [1.165, 1.54) is 0 Å². The van der Waals surface area contributed by atoms with Crippen LogP contribution in [0.3, 0.4) is 0 Å². The Morgan fingerprint density at radius 3 is 1.12 bits per heavy atom. The summed E-state index contributed by atoms with van der Waals surface area (Å²) >= 11 is 0. The van der Waals surface area contributed by atoms with Gasteiger partial charge in [-0.25, -0.2) is 0 Å². The van der Waals surface area contributed by atoms with E-state index in [-0.39, 0.29) is 39.9 Å². The zero-order valence-electron chi connectivity index (χ0n) is 2.84. The Morgan fingerprint density at radius 2 is 1.12 bits per heavy atom. The molecule has 5 nitrogen and oxygen atoms in total. The first kappa shape index (κ1) is 23.2. The maximum atomic E-state index is 8.52. The van der Waals surface area contributed by atoms with Crippen molar-refractivity contribution in [3.05, 3.63) is 0 Å². The molecule has 8 heteroatoms. The summed E-state index contributed by atoms with van der Waals surface area (Å²) in [5.74, 6) is 0. The van der Waals surface area contributed by atoms with Crippen LogP contribution in [0.1, 0.15) is 0 Å². The minimum atomic E-state index is -5.17. The maximum Gasteiger partial charge on any atom is 3.00 e. The Hall–Kier alpha value is 0.882. The van der Waals surface area contributed by atoms with Crippen LogP contribution in [0.4, 0.5) is 0 Å². The zero-order valence-corrected chi connectivity index (χ0v) is 4.76. The van der Waals surface area contributed by atoms with Gasteiger partial charge in [0.25, 0.3) is 0 Å². The van der Waals surface area contributed by atoms with E-state index in [1.54, 1.807) is 0 Å². The van der Waals surface area contributed by atoms with Crippen molar-refractivity contribution >= 4 is 27.8 Å².